The minimum atomic E-state index is -0.856. The Morgan fingerprint density at radius 2 is 2.00 bits per heavy atom. The van der Waals surface area contributed by atoms with Gasteiger partial charge in [-0.3, -0.25) is 9.69 Å². The molecule has 0 heterocycles. The lowest BCUT2D eigenvalue weighted by Crippen LogP contribution is -2.42. The molecule has 2 N–H and O–H groups in total. The van der Waals surface area contributed by atoms with E-state index < -0.39 is 11.9 Å². The maximum Gasteiger partial charge on any atom is 0.322 e. The predicted molar refractivity (Wildman–Crippen MR) is 81.5 cm³/mol. The van der Waals surface area contributed by atoms with E-state index in [4.69, 9.17) is 5.11 Å². The molecular weight excluding hydrogens is 268 g/mol. The SMILES string of the molecule is Cc1ccc(N(C)C(=O)NC2C=CC(C(=O)O)C2)c(C)c1. The number of hydrogen-bond acceptors (Lipinski definition) is 2. The maximum atomic E-state index is 12.2. The van der Waals surface area contributed by atoms with Gasteiger partial charge in [0.1, 0.15) is 0 Å². The Labute approximate surface area is 124 Å². The zero-order valence-electron chi connectivity index (χ0n) is 12.5. The fraction of sp³-hybridized carbons (Fsp3) is 0.375. The van der Waals surface area contributed by atoms with Gasteiger partial charge in [0.05, 0.1) is 12.0 Å². The average Bonchev–Trinajstić information content (AvgIpc) is 2.86. The summed E-state index contributed by atoms with van der Waals surface area (Å²) in [5.74, 6) is -1.37. The molecule has 2 amide bonds. The molecule has 2 unspecified atom stereocenters. The second kappa shape index (κ2) is 5.99. The molecular formula is C16H20N2O3. The first-order chi connectivity index (χ1) is 9.88. The molecule has 0 fully saturated rings. The molecule has 0 aliphatic heterocycles. The molecule has 2 atom stereocenters. The highest BCUT2D eigenvalue weighted by atomic mass is 16.4. The van der Waals surface area contributed by atoms with Crippen LogP contribution in [0, 0.1) is 19.8 Å². The highest BCUT2D eigenvalue weighted by molar-refractivity contribution is 5.92. The van der Waals surface area contributed by atoms with E-state index in [0.717, 1.165) is 16.8 Å². The van der Waals surface area contributed by atoms with E-state index in [0.29, 0.717) is 6.42 Å². The van der Waals surface area contributed by atoms with Crippen molar-refractivity contribution in [2.75, 3.05) is 11.9 Å². The van der Waals surface area contributed by atoms with Gasteiger partial charge < -0.3 is 10.4 Å². The zero-order valence-corrected chi connectivity index (χ0v) is 12.5. The normalized spacial score (nSPS) is 20.3. The van der Waals surface area contributed by atoms with Crippen LogP contribution in [0.2, 0.25) is 0 Å². The summed E-state index contributed by atoms with van der Waals surface area (Å²) in [4.78, 5) is 24.7. The standard InChI is InChI=1S/C16H20N2O3/c1-10-4-7-14(11(2)8-10)18(3)16(21)17-13-6-5-12(9-13)15(19)20/h4-8,12-13H,9H2,1-3H3,(H,17,21)(H,19,20). The highest BCUT2D eigenvalue weighted by Crippen LogP contribution is 2.21. The van der Waals surface area contributed by atoms with Crippen LogP contribution >= 0.6 is 0 Å². The predicted octanol–water partition coefficient (Wildman–Crippen LogP) is 2.48. The van der Waals surface area contributed by atoms with Crippen LogP contribution in [0.25, 0.3) is 0 Å². The fourth-order valence-corrected chi connectivity index (χ4v) is 2.54. The van der Waals surface area contributed by atoms with Gasteiger partial charge >= 0.3 is 12.0 Å². The van der Waals surface area contributed by atoms with Crippen molar-refractivity contribution in [3.8, 4) is 0 Å². The summed E-state index contributed by atoms with van der Waals surface area (Å²) < 4.78 is 0. The van der Waals surface area contributed by atoms with E-state index in [9.17, 15) is 9.59 Å². The van der Waals surface area contributed by atoms with Crippen LogP contribution < -0.4 is 10.2 Å². The maximum absolute atomic E-state index is 12.2. The molecule has 1 aliphatic carbocycles. The van der Waals surface area contributed by atoms with Gasteiger partial charge in [-0.15, -0.1) is 0 Å². The van der Waals surface area contributed by atoms with Gasteiger partial charge in [-0.2, -0.15) is 0 Å². The number of nitrogens with one attached hydrogen (secondary N) is 1. The van der Waals surface area contributed by atoms with Crippen molar-refractivity contribution in [2.24, 2.45) is 5.92 Å². The monoisotopic (exact) mass is 288 g/mol. The Morgan fingerprint density at radius 1 is 1.29 bits per heavy atom. The lowest BCUT2D eigenvalue weighted by Gasteiger charge is -2.22. The topological polar surface area (TPSA) is 69.6 Å². The number of rotatable bonds is 3. The average molecular weight is 288 g/mol. The lowest BCUT2D eigenvalue weighted by molar-refractivity contribution is -0.140. The summed E-state index contributed by atoms with van der Waals surface area (Å²) in [5, 5.41) is 11.8. The first kappa shape index (κ1) is 15.1. The molecule has 21 heavy (non-hydrogen) atoms. The number of carbonyl (C=O) groups excluding carboxylic acids is 1. The number of hydrogen-bond donors (Lipinski definition) is 2. The zero-order chi connectivity index (χ0) is 15.6. The Balaban J connectivity index is 2.01. The van der Waals surface area contributed by atoms with Crippen molar-refractivity contribution in [3.63, 3.8) is 0 Å². The molecule has 0 spiro atoms. The van der Waals surface area contributed by atoms with Crippen molar-refractivity contribution in [1.82, 2.24) is 5.32 Å². The molecule has 2 rings (SSSR count). The summed E-state index contributed by atoms with van der Waals surface area (Å²) in [6.07, 6.45) is 3.78. The van der Waals surface area contributed by atoms with Gasteiger partial charge in [0, 0.05) is 12.7 Å². The second-order valence-electron chi connectivity index (χ2n) is 5.47. The van der Waals surface area contributed by atoms with E-state index >= 15 is 0 Å². The third-order valence-corrected chi connectivity index (χ3v) is 3.73. The van der Waals surface area contributed by atoms with Crippen LogP contribution in [-0.4, -0.2) is 30.2 Å². The molecule has 0 radical (unpaired) electrons. The van der Waals surface area contributed by atoms with Crippen LogP contribution in [-0.2, 0) is 4.79 Å². The number of carbonyl (C=O) groups is 2. The molecule has 0 saturated heterocycles. The summed E-state index contributed by atoms with van der Waals surface area (Å²) in [6, 6.07) is 5.43. The number of benzene rings is 1. The number of nitrogens with zero attached hydrogens (tertiary/aromatic N) is 1. The van der Waals surface area contributed by atoms with Crippen LogP contribution in [0.4, 0.5) is 10.5 Å². The minimum Gasteiger partial charge on any atom is -0.481 e. The minimum absolute atomic E-state index is 0.230. The number of aliphatic carboxylic acids is 1. The molecule has 0 saturated carbocycles. The Morgan fingerprint density at radius 3 is 2.57 bits per heavy atom. The third kappa shape index (κ3) is 3.42. The number of carboxylic acids is 1. The number of carboxylic acid groups (broad SMARTS) is 1. The molecule has 0 aromatic heterocycles. The van der Waals surface area contributed by atoms with Crippen LogP contribution in [0.5, 0.6) is 0 Å². The van der Waals surface area contributed by atoms with E-state index in [1.54, 1.807) is 24.1 Å². The Bertz CT molecular complexity index is 595. The molecule has 1 aromatic rings. The number of aryl methyl sites for hydroxylation is 2. The van der Waals surface area contributed by atoms with Gasteiger partial charge in [-0.1, -0.05) is 29.8 Å². The number of anilines is 1. The van der Waals surface area contributed by atoms with E-state index in [1.807, 2.05) is 32.0 Å². The molecule has 112 valence electrons. The highest BCUT2D eigenvalue weighted by Gasteiger charge is 2.26. The van der Waals surface area contributed by atoms with Gasteiger partial charge in [0.15, 0.2) is 0 Å². The van der Waals surface area contributed by atoms with Gasteiger partial charge in [0.2, 0.25) is 0 Å². The second-order valence-corrected chi connectivity index (χ2v) is 5.47. The van der Waals surface area contributed by atoms with Crippen LogP contribution in [0.3, 0.4) is 0 Å². The first-order valence-electron chi connectivity index (χ1n) is 6.91. The Kier molecular flexibility index (Phi) is 4.31. The van der Waals surface area contributed by atoms with Gasteiger partial charge in [-0.25, -0.2) is 4.79 Å². The molecule has 1 aromatic carbocycles. The first-order valence-corrected chi connectivity index (χ1v) is 6.91. The van der Waals surface area contributed by atoms with Crippen molar-refractivity contribution in [2.45, 2.75) is 26.3 Å². The molecule has 0 bridgehead atoms. The quantitative estimate of drug-likeness (QED) is 0.839. The van der Waals surface area contributed by atoms with Crippen molar-refractivity contribution >= 4 is 17.7 Å². The van der Waals surface area contributed by atoms with Crippen molar-refractivity contribution in [1.29, 1.82) is 0 Å². The summed E-state index contributed by atoms with van der Waals surface area (Å²) in [7, 11) is 1.71. The van der Waals surface area contributed by atoms with E-state index in [-0.39, 0.29) is 12.1 Å². The lowest BCUT2D eigenvalue weighted by atomic mass is 10.1. The van der Waals surface area contributed by atoms with Crippen LogP contribution in [0.15, 0.2) is 30.4 Å². The van der Waals surface area contributed by atoms with E-state index in [1.165, 1.54) is 0 Å². The summed E-state index contributed by atoms with van der Waals surface area (Å²) in [6.45, 7) is 3.97. The molecule has 1 aliphatic rings. The van der Waals surface area contributed by atoms with Gasteiger partial charge in [0.25, 0.3) is 0 Å². The number of amides is 2. The van der Waals surface area contributed by atoms with Gasteiger partial charge in [-0.05, 0) is 31.9 Å². The molecule has 5 heteroatoms. The summed E-state index contributed by atoms with van der Waals surface area (Å²) >= 11 is 0. The summed E-state index contributed by atoms with van der Waals surface area (Å²) in [5.41, 5.74) is 3.01. The van der Waals surface area contributed by atoms with Crippen molar-refractivity contribution in [3.05, 3.63) is 41.5 Å². The smallest absolute Gasteiger partial charge is 0.322 e. The molecule has 5 nitrogen and oxygen atoms in total. The Hall–Kier alpha value is -2.30. The third-order valence-electron chi connectivity index (χ3n) is 3.73. The number of urea groups is 1. The van der Waals surface area contributed by atoms with Crippen molar-refractivity contribution < 1.29 is 14.7 Å². The largest absolute Gasteiger partial charge is 0.481 e. The van der Waals surface area contributed by atoms with Crippen LogP contribution in [0.1, 0.15) is 17.5 Å². The fourth-order valence-electron chi connectivity index (χ4n) is 2.54. The van der Waals surface area contributed by atoms with E-state index in [2.05, 4.69) is 5.32 Å².